The topological polar surface area (TPSA) is 15.3 Å². The predicted molar refractivity (Wildman–Crippen MR) is 70.9 cm³/mol. The monoisotopic (exact) mass is 230 g/mol. The number of hydrogen-bond donors (Lipinski definition) is 1. The highest BCUT2D eigenvalue weighted by atomic mass is 15.2. The number of rotatable bonds is 2. The molecule has 1 aliphatic carbocycles. The number of hydrogen-bond acceptors (Lipinski definition) is 2. The van der Waals surface area contributed by atoms with Crippen molar-refractivity contribution >= 4 is 0 Å². The zero-order chi connectivity index (χ0) is 11.7. The summed E-state index contributed by atoms with van der Waals surface area (Å²) in [6, 6.07) is 11.5. The van der Waals surface area contributed by atoms with Crippen LogP contribution in [0.1, 0.15) is 25.3 Å². The summed E-state index contributed by atoms with van der Waals surface area (Å²) in [7, 11) is 0. The number of nitrogens with zero attached hydrogens (tertiary/aromatic N) is 1. The molecule has 1 saturated carbocycles. The fourth-order valence-electron chi connectivity index (χ4n) is 2.91. The van der Waals surface area contributed by atoms with E-state index in [-0.39, 0.29) is 0 Å². The zero-order valence-electron chi connectivity index (χ0n) is 10.7. The Labute approximate surface area is 104 Å². The average Bonchev–Trinajstić information content (AvgIpc) is 3.10. The molecule has 1 saturated heterocycles. The molecule has 2 aliphatic rings. The lowest BCUT2D eigenvalue weighted by molar-refractivity contribution is 0.230. The van der Waals surface area contributed by atoms with Gasteiger partial charge in [-0.3, -0.25) is 4.90 Å². The van der Waals surface area contributed by atoms with E-state index in [9.17, 15) is 0 Å². The van der Waals surface area contributed by atoms with Gasteiger partial charge < -0.3 is 5.32 Å². The molecule has 92 valence electrons. The third-order valence-electron chi connectivity index (χ3n) is 4.12. The third-order valence-corrected chi connectivity index (χ3v) is 4.12. The molecule has 1 aromatic rings. The van der Waals surface area contributed by atoms with Gasteiger partial charge in [0, 0.05) is 32.2 Å². The molecular weight excluding hydrogens is 208 g/mol. The van der Waals surface area contributed by atoms with E-state index in [4.69, 9.17) is 0 Å². The van der Waals surface area contributed by atoms with Crippen molar-refractivity contribution in [3.63, 3.8) is 0 Å². The zero-order valence-corrected chi connectivity index (χ0v) is 10.7. The Balaban J connectivity index is 1.68. The molecule has 1 unspecified atom stereocenters. The molecule has 0 radical (unpaired) electrons. The highest BCUT2D eigenvalue weighted by Crippen LogP contribution is 2.46. The van der Waals surface area contributed by atoms with Crippen molar-refractivity contribution in [1.82, 2.24) is 10.2 Å². The van der Waals surface area contributed by atoms with Gasteiger partial charge in [-0.1, -0.05) is 30.3 Å². The normalized spacial score (nSPS) is 27.9. The van der Waals surface area contributed by atoms with Crippen molar-refractivity contribution in [2.45, 2.75) is 32.4 Å². The summed E-state index contributed by atoms with van der Waals surface area (Å²) in [6.07, 6.45) is 2.83. The van der Waals surface area contributed by atoms with Crippen LogP contribution in [-0.2, 0) is 6.54 Å². The Hall–Kier alpha value is -0.860. The molecule has 1 atom stereocenters. The Morgan fingerprint density at radius 3 is 2.76 bits per heavy atom. The van der Waals surface area contributed by atoms with Crippen molar-refractivity contribution in [2.75, 3.05) is 19.6 Å². The molecular formula is C15H22N2. The summed E-state index contributed by atoms with van der Waals surface area (Å²) in [5.41, 5.74) is 2.05. The largest absolute Gasteiger partial charge is 0.312 e. The Morgan fingerprint density at radius 2 is 2.06 bits per heavy atom. The van der Waals surface area contributed by atoms with Crippen LogP contribution in [0, 0.1) is 5.41 Å². The first kappa shape index (κ1) is 11.2. The Morgan fingerprint density at radius 1 is 1.29 bits per heavy atom. The van der Waals surface area contributed by atoms with Crippen molar-refractivity contribution in [1.29, 1.82) is 0 Å². The second kappa shape index (κ2) is 4.43. The van der Waals surface area contributed by atoms with Crippen LogP contribution in [-0.4, -0.2) is 30.6 Å². The van der Waals surface area contributed by atoms with Crippen molar-refractivity contribution in [3.8, 4) is 0 Å². The number of benzene rings is 1. The van der Waals surface area contributed by atoms with Gasteiger partial charge in [-0.2, -0.15) is 0 Å². The average molecular weight is 230 g/mol. The van der Waals surface area contributed by atoms with Gasteiger partial charge in [0.25, 0.3) is 0 Å². The maximum Gasteiger partial charge on any atom is 0.0234 e. The fraction of sp³-hybridized carbons (Fsp3) is 0.600. The maximum atomic E-state index is 3.67. The van der Waals surface area contributed by atoms with Gasteiger partial charge >= 0.3 is 0 Å². The summed E-state index contributed by atoms with van der Waals surface area (Å²) in [5.74, 6) is 0. The summed E-state index contributed by atoms with van der Waals surface area (Å²) in [5, 5.41) is 3.67. The fourth-order valence-corrected chi connectivity index (χ4v) is 2.91. The molecule has 3 rings (SSSR count). The molecule has 1 aromatic carbocycles. The van der Waals surface area contributed by atoms with Crippen LogP contribution in [0.3, 0.4) is 0 Å². The van der Waals surface area contributed by atoms with E-state index in [0.29, 0.717) is 11.5 Å². The minimum absolute atomic E-state index is 0.611. The molecule has 1 heterocycles. The molecule has 0 aromatic heterocycles. The first-order valence-corrected chi connectivity index (χ1v) is 6.75. The van der Waals surface area contributed by atoms with E-state index in [1.54, 1.807) is 0 Å². The van der Waals surface area contributed by atoms with E-state index < -0.39 is 0 Å². The standard InChI is InChI=1S/C15H22N2/c1-13-9-17(10-14-5-3-2-4-6-14)12-15(7-8-15)11-16-13/h2-6,13,16H,7-12H2,1H3. The second-order valence-electron chi connectivity index (χ2n) is 5.94. The Kier molecular flexibility index (Phi) is 2.93. The molecule has 0 bridgehead atoms. The molecule has 2 heteroatoms. The molecule has 1 spiro atoms. The van der Waals surface area contributed by atoms with Crippen LogP contribution >= 0.6 is 0 Å². The number of nitrogens with one attached hydrogen (secondary N) is 1. The van der Waals surface area contributed by atoms with Crippen LogP contribution in [0.2, 0.25) is 0 Å². The first-order valence-electron chi connectivity index (χ1n) is 6.75. The lowest BCUT2D eigenvalue weighted by atomic mass is 10.1. The first-order chi connectivity index (χ1) is 8.26. The van der Waals surface area contributed by atoms with E-state index in [1.165, 1.54) is 38.0 Å². The van der Waals surface area contributed by atoms with E-state index >= 15 is 0 Å². The van der Waals surface area contributed by atoms with Gasteiger partial charge in [-0.25, -0.2) is 0 Å². The van der Waals surface area contributed by atoms with Gasteiger partial charge in [0.2, 0.25) is 0 Å². The van der Waals surface area contributed by atoms with Gasteiger partial charge in [-0.15, -0.1) is 0 Å². The van der Waals surface area contributed by atoms with Gasteiger partial charge in [0.05, 0.1) is 0 Å². The predicted octanol–water partition coefficient (Wildman–Crippen LogP) is 2.26. The van der Waals surface area contributed by atoms with Crippen molar-refractivity contribution in [3.05, 3.63) is 35.9 Å². The van der Waals surface area contributed by atoms with Crippen molar-refractivity contribution in [2.24, 2.45) is 5.41 Å². The molecule has 2 fully saturated rings. The van der Waals surface area contributed by atoms with Gasteiger partial charge in [0.1, 0.15) is 0 Å². The minimum atomic E-state index is 0.611. The third kappa shape index (κ3) is 2.70. The highest BCUT2D eigenvalue weighted by Gasteiger charge is 2.45. The maximum absolute atomic E-state index is 3.67. The highest BCUT2D eigenvalue weighted by molar-refractivity contribution is 5.15. The van der Waals surface area contributed by atoms with Crippen LogP contribution in [0.5, 0.6) is 0 Å². The quantitative estimate of drug-likeness (QED) is 0.838. The van der Waals surface area contributed by atoms with Crippen LogP contribution in [0.15, 0.2) is 30.3 Å². The minimum Gasteiger partial charge on any atom is -0.312 e. The second-order valence-corrected chi connectivity index (χ2v) is 5.94. The lowest BCUT2D eigenvalue weighted by Gasteiger charge is -2.24. The van der Waals surface area contributed by atoms with E-state index in [1.807, 2.05) is 0 Å². The molecule has 1 aliphatic heterocycles. The SMILES string of the molecule is CC1CN(Cc2ccccc2)CC2(CC2)CN1. The van der Waals surface area contributed by atoms with Crippen LogP contribution in [0.25, 0.3) is 0 Å². The molecule has 0 amide bonds. The Bertz CT molecular complexity index is 370. The van der Waals surface area contributed by atoms with Gasteiger partial charge in [-0.05, 0) is 30.7 Å². The summed E-state index contributed by atoms with van der Waals surface area (Å²) >= 11 is 0. The molecule has 17 heavy (non-hydrogen) atoms. The van der Waals surface area contributed by atoms with Gasteiger partial charge in [0.15, 0.2) is 0 Å². The smallest absolute Gasteiger partial charge is 0.0234 e. The van der Waals surface area contributed by atoms with Crippen LogP contribution < -0.4 is 5.32 Å². The molecule has 1 N–H and O–H groups in total. The summed E-state index contributed by atoms with van der Waals surface area (Å²) in [6.45, 7) is 7.09. The summed E-state index contributed by atoms with van der Waals surface area (Å²) < 4.78 is 0. The van der Waals surface area contributed by atoms with E-state index in [2.05, 4.69) is 47.5 Å². The lowest BCUT2D eigenvalue weighted by Crippen LogP contribution is -2.34. The molecule has 2 nitrogen and oxygen atoms in total. The van der Waals surface area contributed by atoms with Crippen molar-refractivity contribution < 1.29 is 0 Å². The summed E-state index contributed by atoms with van der Waals surface area (Å²) in [4.78, 5) is 2.63. The van der Waals surface area contributed by atoms with E-state index in [0.717, 1.165) is 6.54 Å². The van der Waals surface area contributed by atoms with Crippen LogP contribution in [0.4, 0.5) is 0 Å².